The monoisotopic (exact) mass is 249 g/mol. The van der Waals surface area contributed by atoms with E-state index in [1.807, 2.05) is 0 Å². The number of ether oxygens (including phenoxy) is 1. The van der Waals surface area contributed by atoms with Crippen LogP contribution in [0, 0.1) is 0 Å². The van der Waals surface area contributed by atoms with Gasteiger partial charge in [-0.3, -0.25) is 0 Å². The summed E-state index contributed by atoms with van der Waals surface area (Å²) in [5.41, 5.74) is 6.04. The van der Waals surface area contributed by atoms with Crippen LogP contribution in [0.25, 0.3) is 0 Å². The van der Waals surface area contributed by atoms with Crippen molar-refractivity contribution in [3.8, 4) is 5.75 Å². The summed E-state index contributed by atoms with van der Waals surface area (Å²) >= 11 is 0. The van der Waals surface area contributed by atoms with Crippen LogP contribution in [-0.4, -0.2) is 26.4 Å². The third kappa shape index (κ3) is 3.49. The highest BCUT2D eigenvalue weighted by Crippen LogP contribution is 2.38. The fourth-order valence-corrected chi connectivity index (χ4v) is 2.37. The average Bonchev–Trinajstić information content (AvgIpc) is 2.14. The summed E-state index contributed by atoms with van der Waals surface area (Å²) in [5, 5.41) is 0.458. The first-order valence-corrected chi connectivity index (χ1v) is 7.27. The van der Waals surface area contributed by atoms with Crippen molar-refractivity contribution in [1.82, 2.24) is 0 Å². The zero-order valence-electron chi connectivity index (χ0n) is 9.11. The standard InChI is InChI=1S/C10H14F2NO2P/c1-16(2,14)9-5-7(3-4-8(9)13)15-6-10(11)12/h3-5,10H,6,13H2,1-2H3. The summed E-state index contributed by atoms with van der Waals surface area (Å²) < 4.78 is 40.5. The van der Waals surface area contributed by atoms with Crippen molar-refractivity contribution in [2.24, 2.45) is 0 Å². The number of alkyl halides is 2. The van der Waals surface area contributed by atoms with Gasteiger partial charge in [-0.15, -0.1) is 0 Å². The van der Waals surface area contributed by atoms with Crippen LogP contribution >= 0.6 is 7.14 Å². The molecule has 0 heterocycles. The quantitative estimate of drug-likeness (QED) is 0.657. The molecule has 1 aromatic carbocycles. The molecule has 0 aliphatic heterocycles. The van der Waals surface area contributed by atoms with Crippen LogP contribution in [0.4, 0.5) is 14.5 Å². The highest BCUT2D eigenvalue weighted by molar-refractivity contribution is 7.70. The molecule has 0 aliphatic carbocycles. The van der Waals surface area contributed by atoms with E-state index in [0.29, 0.717) is 11.0 Å². The molecule has 90 valence electrons. The molecule has 0 unspecified atom stereocenters. The van der Waals surface area contributed by atoms with E-state index in [2.05, 4.69) is 0 Å². The number of hydrogen-bond acceptors (Lipinski definition) is 3. The minimum absolute atomic E-state index is 0.258. The molecule has 0 saturated heterocycles. The van der Waals surface area contributed by atoms with Gasteiger partial charge in [0.15, 0.2) is 0 Å². The molecule has 3 nitrogen and oxygen atoms in total. The van der Waals surface area contributed by atoms with E-state index >= 15 is 0 Å². The lowest BCUT2D eigenvalue weighted by Gasteiger charge is -2.13. The van der Waals surface area contributed by atoms with Crippen molar-refractivity contribution in [1.29, 1.82) is 0 Å². The smallest absolute Gasteiger partial charge is 0.272 e. The molecule has 0 radical (unpaired) electrons. The molecule has 0 saturated carbocycles. The Morgan fingerprint density at radius 3 is 2.56 bits per heavy atom. The number of benzene rings is 1. The number of nitrogens with two attached hydrogens (primary N) is 1. The van der Waals surface area contributed by atoms with Gasteiger partial charge in [-0.1, -0.05) is 0 Å². The Morgan fingerprint density at radius 2 is 2.06 bits per heavy atom. The Morgan fingerprint density at radius 1 is 1.44 bits per heavy atom. The summed E-state index contributed by atoms with van der Waals surface area (Å²) in [7, 11) is -2.52. The average molecular weight is 249 g/mol. The van der Waals surface area contributed by atoms with E-state index < -0.39 is 20.2 Å². The van der Waals surface area contributed by atoms with E-state index in [4.69, 9.17) is 10.5 Å². The van der Waals surface area contributed by atoms with Crippen molar-refractivity contribution in [3.05, 3.63) is 18.2 Å². The minimum Gasteiger partial charge on any atom is -0.488 e. The maximum atomic E-state index is 11.9. The predicted molar refractivity (Wildman–Crippen MR) is 61.4 cm³/mol. The molecule has 0 amide bonds. The molecule has 0 fully saturated rings. The Hall–Kier alpha value is -1.09. The van der Waals surface area contributed by atoms with Crippen LogP contribution in [0.1, 0.15) is 0 Å². The highest BCUT2D eigenvalue weighted by Gasteiger charge is 2.16. The second kappa shape index (κ2) is 4.83. The lowest BCUT2D eigenvalue weighted by atomic mass is 10.3. The number of halogens is 2. The van der Waals surface area contributed by atoms with Gasteiger partial charge in [-0.05, 0) is 31.5 Å². The topological polar surface area (TPSA) is 52.3 Å². The lowest BCUT2D eigenvalue weighted by molar-refractivity contribution is 0.0819. The summed E-state index contributed by atoms with van der Waals surface area (Å²) in [4.78, 5) is 0. The normalized spacial score (nSPS) is 11.8. The second-order valence-electron chi connectivity index (χ2n) is 3.77. The molecule has 1 aromatic rings. The van der Waals surface area contributed by atoms with Gasteiger partial charge >= 0.3 is 0 Å². The molecule has 0 aromatic heterocycles. The van der Waals surface area contributed by atoms with Crippen molar-refractivity contribution < 1.29 is 18.1 Å². The van der Waals surface area contributed by atoms with Crippen molar-refractivity contribution >= 4 is 18.1 Å². The SMILES string of the molecule is CP(C)(=O)c1cc(OCC(F)F)ccc1N. The van der Waals surface area contributed by atoms with Crippen molar-refractivity contribution in [2.75, 3.05) is 25.7 Å². The van der Waals surface area contributed by atoms with Crippen LogP contribution in [0.2, 0.25) is 0 Å². The van der Waals surface area contributed by atoms with Gasteiger partial charge in [-0.2, -0.15) is 0 Å². The predicted octanol–water partition coefficient (Wildman–Crippen LogP) is 2.16. The fourth-order valence-electron chi connectivity index (χ4n) is 1.24. The Bertz CT molecular complexity index is 417. The zero-order chi connectivity index (χ0) is 12.3. The Kier molecular flexibility index (Phi) is 3.92. The summed E-state index contributed by atoms with van der Waals surface area (Å²) in [6.45, 7) is 2.45. The van der Waals surface area contributed by atoms with Gasteiger partial charge in [0.1, 0.15) is 19.5 Å². The van der Waals surface area contributed by atoms with E-state index in [1.165, 1.54) is 18.2 Å². The third-order valence-corrected chi connectivity index (χ3v) is 3.51. The van der Waals surface area contributed by atoms with E-state index in [0.717, 1.165) is 0 Å². The number of hydrogen-bond donors (Lipinski definition) is 1. The Labute approximate surface area is 93.0 Å². The summed E-state index contributed by atoms with van der Waals surface area (Å²) in [6.07, 6.45) is -2.53. The van der Waals surface area contributed by atoms with E-state index in [1.54, 1.807) is 13.3 Å². The highest BCUT2D eigenvalue weighted by atomic mass is 31.2. The van der Waals surface area contributed by atoms with Gasteiger partial charge in [0.2, 0.25) is 0 Å². The fraction of sp³-hybridized carbons (Fsp3) is 0.400. The number of anilines is 1. The van der Waals surface area contributed by atoms with Crippen LogP contribution in [0.5, 0.6) is 5.75 Å². The largest absolute Gasteiger partial charge is 0.488 e. The molecule has 6 heteroatoms. The number of rotatable bonds is 4. The van der Waals surface area contributed by atoms with Gasteiger partial charge < -0.3 is 15.0 Å². The first-order chi connectivity index (χ1) is 7.30. The van der Waals surface area contributed by atoms with Crippen molar-refractivity contribution in [3.63, 3.8) is 0 Å². The molecule has 1 rings (SSSR count). The van der Waals surface area contributed by atoms with E-state index in [-0.39, 0.29) is 5.75 Å². The maximum Gasteiger partial charge on any atom is 0.272 e. The first kappa shape index (κ1) is 13.0. The molecular weight excluding hydrogens is 235 g/mol. The summed E-state index contributed by atoms with van der Waals surface area (Å²) in [5.74, 6) is 0.258. The van der Waals surface area contributed by atoms with Gasteiger partial charge in [-0.25, -0.2) is 8.78 Å². The molecular formula is C10H14F2NO2P. The van der Waals surface area contributed by atoms with E-state index in [9.17, 15) is 13.3 Å². The molecule has 2 N–H and O–H groups in total. The second-order valence-corrected chi connectivity index (χ2v) is 6.96. The first-order valence-electron chi connectivity index (χ1n) is 4.66. The molecule has 0 bridgehead atoms. The van der Waals surface area contributed by atoms with Gasteiger partial charge in [0.05, 0.1) is 0 Å². The van der Waals surface area contributed by atoms with Crippen LogP contribution in [-0.2, 0) is 4.57 Å². The van der Waals surface area contributed by atoms with Crippen LogP contribution < -0.4 is 15.8 Å². The minimum atomic E-state index is -2.53. The third-order valence-electron chi connectivity index (χ3n) is 1.96. The molecule has 0 atom stereocenters. The molecule has 0 aliphatic rings. The van der Waals surface area contributed by atoms with Crippen LogP contribution in [0.3, 0.4) is 0 Å². The maximum absolute atomic E-state index is 11.9. The molecule has 16 heavy (non-hydrogen) atoms. The lowest BCUT2D eigenvalue weighted by Crippen LogP contribution is -2.12. The van der Waals surface area contributed by atoms with Gasteiger partial charge in [0, 0.05) is 11.0 Å². The molecule has 0 spiro atoms. The Balaban J connectivity index is 2.95. The zero-order valence-corrected chi connectivity index (χ0v) is 10.0. The number of nitrogen functional groups attached to an aromatic ring is 1. The van der Waals surface area contributed by atoms with Crippen molar-refractivity contribution in [2.45, 2.75) is 6.43 Å². The van der Waals surface area contributed by atoms with Gasteiger partial charge in [0.25, 0.3) is 6.43 Å². The summed E-state index contributed by atoms with van der Waals surface area (Å²) in [6, 6.07) is 4.45. The van der Waals surface area contributed by atoms with Crippen LogP contribution in [0.15, 0.2) is 18.2 Å².